The summed E-state index contributed by atoms with van der Waals surface area (Å²) in [7, 11) is 1.77. The third-order valence-corrected chi connectivity index (χ3v) is 3.91. The molecule has 1 aliphatic carbocycles. The maximum Gasteiger partial charge on any atom is 0.133 e. The summed E-state index contributed by atoms with van der Waals surface area (Å²) >= 11 is 0. The number of fused-ring (bicyclic) bond motifs is 1. The van der Waals surface area contributed by atoms with Crippen molar-refractivity contribution in [1.29, 1.82) is 0 Å². The van der Waals surface area contributed by atoms with Gasteiger partial charge >= 0.3 is 0 Å². The highest BCUT2D eigenvalue weighted by Gasteiger charge is 2.19. The Morgan fingerprint density at radius 2 is 2.05 bits per heavy atom. The van der Waals surface area contributed by atoms with Crippen LogP contribution < -0.4 is 5.32 Å². The van der Waals surface area contributed by atoms with Gasteiger partial charge in [0.1, 0.15) is 11.6 Å². The van der Waals surface area contributed by atoms with Crippen molar-refractivity contribution in [2.45, 2.75) is 64.8 Å². The van der Waals surface area contributed by atoms with E-state index in [4.69, 9.17) is 4.74 Å². The smallest absolute Gasteiger partial charge is 0.133 e. The molecule has 1 N–H and O–H groups in total. The van der Waals surface area contributed by atoms with E-state index in [1.807, 2.05) is 6.92 Å². The van der Waals surface area contributed by atoms with Crippen LogP contribution in [0.1, 0.15) is 56.1 Å². The van der Waals surface area contributed by atoms with Gasteiger partial charge in [0.25, 0.3) is 0 Å². The molecule has 0 bridgehead atoms. The van der Waals surface area contributed by atoms with E-state index in [1.54, 1.807) is 7.11 Å². The SMILES string of the molecule is CCCCC(COC)Nc1nc(C)nc2c1CCCC2. The van der Waals surface area contributed by atoms with Crippen LogP contribution in [-0.4, -0.2) is 29.7 Å². The topological polar surface area (TPSA) is 47.0 Å². The lowest BCUT2D eigenvalue weighted by Gasteiger charge is -2.23. The van der Waals surface area contributed by atoms with Gasteiger partial charge in [-0.3, -0.25) is 0 Å². The van der Waals surface area contributed by atoms with Gasteiger partial charge in [-0.1, -0.05) is 19.8 Å². The summed E-state index contributed by atoms with van der Waals surface area (Å²) in [6.07, 6.45) is 8.25. The standard InChI is InChI=1S/C16H27N3O/c1-4-5-8-13(11-20-3)19-16-14-9-6-7-10-15(14)17-12(2)18-16/h13H,4-11H2,1-3H3,(H,17,18,19). The van der Waals surface area contributed by atoms with Crippen LogP contribution in [0.2, 0.25) is 0 Å². The Labute approximate surface area is 122 Å². The maximum atomic E-state index is 5.34. The van der Waals surface area contributed by atoms with E-state index in [0.29, 0.717) is 6.04 Å². The fourth-order valence-corrected chi connectivity index (χ4v) is 2.88. The fourth-order valence-electron chi connectivity index (χ4n) is 2.88. The quantitative estimate of drug-likeness (QED) is 0.831. The van der Waals surface area contributed by atoms with E-state index in [0.717, 1.165) is 37.5 Å². The first-order chi connectivity index (χ1) is 9.74. The average Bonchev–Trinajstić information content (AvgIpc) is 2.44. The lowest BCUT2D eigenvalue weighted by atomic mass is 9.96. The van der Waals surface area contributed by atoms with Crippen molar-refractivity contribution in [3.05, 3.63) is 17.1 Å². The average molecular weight is 277 g/mol. The fraction of sp³-hybridized carbons (Fsp3) is 0.750. The molecule has 0 saturated heterocycles. The molecular formula is C16H27N3O. The van der Waals surface area contributed by atoms with Gasteiger partial charge in [0.15, 0.2) is 0 Å². The number of aromatic nitrogens is 2. The van der Waals surface area contributed by atoms with E-state index >= 15 is 0 Å². The number of methoxy groups -OCH3 is 1. The van der Waals surface area contributed by atoms with Crippen molar-refractivity contribution >= 4 is 5.82 Å². The number of hydrogen-bond acceptors (Lipinski definition) is 4. The van der Waals surface area contributed by atoms with Crippen LogP contribution in [0, 0.1) is 6.92 Å². The van der Waals surface area contributed by atoms with Gasteiger partial charge in [-0.2, -0.15) is 0 Å². The minimum absolute atomic E-state index is 0.347. The largest absolute Gasteiger partial charge is 0.383 e. The Morgan fingerprint density at radius 1 is 1.25 bits per heavy atom. The van der Waals surface area contributed by atoms with Gasteiger partial charge < -0.3 is 10.1 Å². The third kappa shape index (κ3) is 3.92. The number of nitrogens with zero attached hydrogens (tertiary/aromatic N) is 2. The Morgan fingerprint density at radius 3 is 2.80 bits per heavy atom. The first kappa shape index (κ1) is 15.2. The van der Waals surface area contributed by atoms with Gasteiger partial charge in [-0.15, -0.1) is 0 Å². The Hall–Kier alpha value is -1.16. The zero-order valence-electron chi connectivity index (χ0n) is 13.0. The van der Waals surface area contributed by atoms with Crippen molar-refractivity contribution in [1.82, 2.24) is 9.97 Å². The molecule has 0 aromatic carbocycles. The molecule has 0 aliphatic heterocycles. The molecule has 1 heterocycles. The predicted molar refractivity (Wildman–Crippen MR) is 82.2 cm³/mol. The van der Waals surface area contributed by atoms with Gasteiger partial charge in [0.2, 0.25) is 0 Å². The highest BCUT2D eigenvalue weighted by atomic mass is 16.5. The van der Waals surface area contributed by atoms with Crippen molar-refractivity contribution in [3.8, 4) is 0 Å². The van der Waals surface area contributed by atoms with Crippen LogP contribution >= 0.6 is 0 Å². The minimum atomic E-state index is 0.347. The first-order valence-electron chi connectivity index (χ1n) is 7.86. The summed E-state index contributed by atoms with van der Waals surface area (Å²) in [4.78, 5) is 9.25. The number of nitrogens with one attached hydrogen (secondary N) is 1. The summed E-state index contributed by atoms with van der Waals surface area (Å²) in [5.41, 5.74) is 2.58. The first-order valence-corrected chi connectivity index (χ1v) is 7.86. The molecule has 4 nitrogen and oxygen atoms in total. The summed E-state index contributed by atoms with van der Waals surface area (Å²) in [6, 6.07) is 0.347. The van der Waals surface area contributed by atoms with Crippen molar-refractivity contribution < 1.29 is 4.74 Å². The summed E-state index contributed by atoms with van der Waals surface area (Å²) in [6.45, 7) is 4.94. The maximum absolute atomic E-state index is 5.34. The molecular weight excluding hydrogens is 250 g/mol. The summed E-state index contributed by atoms with van der Waals surface area (Å²) < 4.78 is 5.34. The van der Waals surface area contributed by atoms with E-state index in [-0.39, 0.29) is 0 Å². The molecule has 4 heteroatoms. The lowest BCUT2D eigenvalue weighted by Crippen LogP contribution is -2.27. The second-order valence-electron chi connectivity index (χ2n) is 5.69. The number of anilines is 1. The molecule has 1 unspecified atom stereocenters. The highest BCUT2D eigenvalue weighted by Crippen LogP contribution is 2.26. The van der Waals surface area contributed by atoms with Gasteiger partial charge in [0, 0.05) is 18.4 Å². The van der Waals surface area contributed by atoms with Crippen molar-refractivity contribution in [2.75, 3.05) is 19.0 Å². The second kappa shape index (κ2) is 7.58. The van der Waals surface area contributed by atoms with Gasteiger partial charge in [-0.25, -0.2) is 9.97 Å². The number of unbranched alkanes of at least 4 members (excludes halogenated alkanes) is 1. The molecule has 2 rings (SSSR count). The van der Waals surface area contributed by atoms with E-state index in [2.05, 4.69) is 22.2 Å². The Balaban J connectivity index is 2.15. The number of rotatable bonds is 7. The second-order valence-corrected chi connectivity index (χ2v) is 5.69. The lowest BCUT2D eigenvalue weighted by molar-refractivity contribution is 0.182. The molecule has 1 atom stereocenters. The summed E-state index contributed by atoms with van der Waals surface area (Å²) in [5, 5.41) is 3.61. The molecule has 0 saturated carbocycles. The van der Waals surface area contributed by atoms with E-state index < -0.39 is 0 Å². The molecule has 0 amide bonds. The molecule has 1 aromatic heterocycles. The molecule has 1 aromatic rings. The Kier molecular flexibility index (Phi) is 5.77. The van der Waals surface area contributed by atoms with E-state index in [1.165, 1.54) is 36.9 Å². The van der Waals surface area contributed by atoms with Crippen LogP contribution in [0.15, 0.2) is 0 Å². The summed E-state index contributed by atoms with van der Waals surface area (Å²) in [5.74, 6) is 1.92. The van der Waals surface area contributed by atoms with Gasteiger partial charge in [0.05, 0.1) is 12.6 Å². The molecule has 112 valence electrons. The number of hydrogen-bond donors (Lipinski definition) is 1. The van der Waals surface area contributed by atoms with Crippen LogP contribution in [0.25, 0.3) is 0 Å². The van der Waals surface area contributed by atoms with Gasteiger partial charge in [-0.05, 0) is 39.0 Å². The molecule has 1 aliphatic rings. The van der Waals surface area contributed by atoms with Crippen molar-refractivity contribution in [2.24, 2.45) is 0 Å². The third-order valence-electron chi connectivity index (χ3n) is 3.91. The molecule has 0 radical (unpaired) electrons. The van der Waals surface area contributed by atoms with Crippen LogP contribution in [0.5, 0.6) is 0 Å². The zero-order valence-corrected chi connectivity index (χ0v) is 13.0. The monoisotopic (exact) mass is 277 g/mol. The Bertz CT molecular complexity index is 434. The minimum Gasteiger partial charge on any atom is -0.383 e. The van der Waals surface area contributed by atoms with Crippen LogP contribution in [-0.2, 0) is 17.6 Å². The van der Waals surface area contributed by atoms with E-state index in [9.17, 15) is 0 Å². The van der Waals surface area contributed by atoms with Crippen molar-refractivity contribution in [3.63, 3.8) is 0 Å². The normalized spacial score (nSPS) is 15.8. The zero-order chi connectivity index (χ0) is 14.4. The molecule has 0 spiro atoms. The predicted octanol–water partition coefficient (Wildman–Crippen LogP) is 3.28. The van der Waals surface area contributed by atoms with Crippen LogP contribution in [0.4, 0.5) is 5.82 Å². The number of aryl methyl sites for hydroxylation is 2. The highest BCUT2D eigenvalue weighted by molar-refractivity contribution is 5.48. The van der Waals surface area contributed by atoms with Crippen LogP contribution in [0.3, 0.4) is 0 Å². The number of ether oxygens (including phenoxy) is 1. The molecule has 20 heavy (non-hydrogen) atoms. The molecule has 0 fully saturated rings.